The second kappa shape index (κ2) is 7.27. The molecule has 3 heteroatoms. The zero-order valence-corrected chi connectivity index (χ0v) is 6.25. The van der Waals surface area contributed by atoms with Crippen LogP contribution in [0.15, 0.2) is 0 Å². The standard InChI is InChI=1S/C5H13NOS/c1-3-7-5-4-6-8-2/h6H,3-5H2,1-2H3. The molecule has 8 heavy (non-hydrogen) atoms. The van der Waals surface area contributed by atoms with Gasteiger partial charge in [0.05, 0.1) is 6.61 Å². The highest BCUT2D eigenvalue weighted by Gasteiger charge is 1.80. The van der Waals surface area contributed by atoms with Crippen LogP contribution in [0.5, 0.6) is 0 Å². The van der Waals surface area contributed by atoms with Gasteiger partial charge < -0.3 is 4.74 Å². The van der Waals surface area contributed by atoms with E-state index in [4.69, 9.17) is 4.74 Å². The zero-order chi connectivity index (χ0) is 6.24. The van der Waals surface area contributed by atoms with E-state index in [0.29, 0.717) is 0 Å². The van der Waals surface area contributed by atoms with Crippen molar-refractivity contribution in [3.8, 4) is 0 Å². The maximum absolute atomic E-state index is 5.06. The molecule has 0 unspecified atom stereocenters. The molecule has 0 heterocycles. The topological polar surface area (TPSA) is 21.3 Å². The number of hydrogen-bond acceptors (Lipinski definition) is 3. The first-order valence-corrected chi connectivity index (χ1v) is 3.98. The van der Waals surface area contributed by atoms with Crippen LogP contribution in [-0.4, -0.2) is 26.0 Å². The molecule has 0 radical (unpaired) electrons. The lowest BCUT2D eigenvalue weighted by atomic mass is 10.7. The van der Waals surface area contributed by atoms with Crippen molar-refractivity contribution in [3.05, 3.63) is 0 Å². The highest BCUT2D eigenvalue weighted by molar-refractivity contribution is 7.96. The van der Waals surface area contributed by atoms with E-state index >= 15 is 0 Å². The monoisotopic (exact) mass is 135 g/mol. The molecule has 0 saturated heterocycles. The Morgan fingerprint density at radius 1 is 1.62 bits per heavy atom. The summed E-state index contributed by atoms with van der Waals surface area (Å²) in [5, 5.41) is 0. The van der Waals surface area contributed by atoms with Crippen molar-refractivity contribution >= 4 is 11.9 Å². The fourth-order valence-electron chi connectivity index (χ4n) is 0.360. The molecule has 0 aromatic rings. The van der Waals surface area contributed by atoms with Gasteiger partial charge in [-0.15, -0.1) is 0 Å². The Morgan fingerprint density at radius 3 is 2.88 bits per heavy atom. The summed E-state index contributed by atoms with van der Waals surface area (Å²) in [5.74, 6) is 0. The Kier molecular flexibility index (Phi) is 7.52. The van der Waals surface area contributed by atoms with Crippen molar-refractivity contribution in [2.75, 3.05) is 26.0 Å². The van der Waals surface area contributed by atoms with Crippen LogP contribution in [0.4, 0.5) is 0 Å². The molecule has 0 aliphatic carbocycles. The quantitative estimate of drug-likeness (QED) is 0.447. The summed E-state index contributed by atoms with van der Waals surface area (Å²) < 4.78 is 8.13. The van der Waals surface area contributed by atoms with Gasteiger partial charge in [-0.25, -0.2) is 0 Å². The van der Waals surface area contributed by atoms with Gasteiger partial charge in [0.2, 0.25) is 0 Å². The molecule has 1 N–H and O–H groups in total. The van der Waals surface area contributed by atoms with Crippen molar-refractivity contribution in [2.45, 2.75) is 6.92 Å². The molecule has 2 nitrogen and oxygen atoms in total. The lowest BCUT2D eigenvalue weighted by molar-refractivity contribution is 0.153. The van der Waals surface area contributed by atoms with Crippen LogP contribution in [0.1, 0.15) is 6.92 Å². The normalized spacial score (nSPS) is 9.75. The van der Waals surface area contributed by atoms with E-state index in [1.54, 1.807) is 11.9 Å². The molecule has 0 aromatic heterocycles. The molecule has 0 saturated carbocycles. The largest absolute Gasteiger partial charge is 0.380 e. The van der Waals surface area contributed by atoms with Crippen LogP contribution in [0, 0.1) is 0 Å². The van der Waals surface area contributed by atoms with Crippen LogP contribution in [0.2, 0.25) is 0 Å². The predicted molar refractivity (Wildman–Crippen MR) is 38.0 cm³/mol. The molecule has 0 atom stereocenters. The summed E-state index contributed by atoms with van der Waals surface area (Å²) in [5.41, 5.74) is 0. The lowest BCUT2D eigenvalue weighted by Crippen LogP contribution is -2.11. The van der Waals surface area contributed by atoms with Gasteiger partial charge in [0.25, 0.3) is 0 Å². The van der Waals surface area contributed by atoms with Crippen LogP contribution in [0.3, 0.4) is 0 Å². The summed E-state index contributed by atoms with van der Waals surface area (Å²) in [6.45, 7) is 4.57. The molecular formula is C5H13NOS. The summed E-state index contributed by atoms with van der Waals surface area (Å²) in [7, 11) is 0. The van der Waals surface area contributed by atoms with Gasteiger partial charge in [0, 0.05) is 13.2 Å². The second-order valence-electron chi connectivity index (χ2n) is 1.30. The molecule has 0 bridgehead atoms. The van der Waals surface area contributed by atoms with Gasteiger partial charge in [-0.05, 0) is 13.2 Å². The van der Waals surface area contributed by atoms with Crippen LogP contribution in [-0.2, 0) is 4.74 Å². The van der Waals surface area contributed by atoms with Crippen LogP contribution in [0.25, 0.3) is 0 Å². The Hall–Kier alpha value is 0.270. The van der Waals surface area contributed by atoms with Crippen molar-refractivity contribution < 1.29 is 4.74 Å². The fourth-order valence-corrected chi connectivity index (χ4v) is 0.648. The molecule has 0 amide bonds. The molecule has 50 valence electrons. The molecule has 0 fully saturated rings. The zero-order valence-electron chi connectivity index (χ0n) is 5.44. The molecule has 0 aliphatic heterocycles. The van der Waals surface area contributed by atoms with E-state index in [0.717, 1.165) is 19.8 Å². The van der Waals surface area contributed by atoms with Gasteiger partial charge in [-0.3, -0.25) is 4.72 Å². The number of ether oxygens (including phenoxy) is 1. The summed E-state index contributed by atoms with van der Waals surface area (Å²) in [6.07, 6.45) is 2.01. The van der Waals surface area contributed by atoms with E-state index in [2.05, 4.69) is 4.72 Å². The van der Waals surface area contributed by atoms with E-state index < -0.39 is 0 Å². The van der Waals surface area contributed by atoms with Crippen LogP contribution < -0.4 is 4.72 Å². The third kappa shape index (κ3) is 6.27. The second-order valence-corrected chi connectivity index (χ2v) is 1.99. The minimum absolute atomic E-state index is 0.816. The first kappa shape index (κ1) is 8.27. The van der Waals surface area contributed by atoms with Gasteiger partial charge in [-0.1, -0.05) is 11.9 Å². The van der Waals surface area contributed by atoms with Gasteiger partial charge in [0.1, 0.15) is 0 Å². The maximum Gasteiger partial charge on any atom is 0.0600 e. The molecular weight excluding hydrogens is 122 g/mol. The van der Waals surface area contributed by atoms with E-state index in [1.165, 1.54) is 0 Å². The summed E-state index contributed by atoms with van der Waals surface area (Å²) in [4.78, 5) is 0. The van der Waals surface area contributed by atoms with E-state index in [9.17, 15) is 0 Å². The van der Waals surface area contributed by atoms with Crippen molar-refractivity contribution in [3.63, 3.8) is 0 Å². The minimum atomic E-state index is 0.816. The van der Waals surface area contributed by atoms with Gasteiger partial charge >= 0.3 is 0 Å². The maximum atomic E-state index is 5.06. The molecule has 0 spiro atoms. The Labute approximate surface area is 55.1 Å². The van der Waals surface area contributed by atoms with Crippen molar-refractivity contribution in [1.82, 2.24) is 4.72 Å². The Balaban J connectivity index is 2.53. The number of hydrogen-bond donors (Lipinski definition) is 1. The first-order chi connectivity index (χ1) is 3.91. The first-order valence-electron chi connectivity index (χ1n) is 2.75. The smallest absolute Gasteiger partial charge is 0.0600 e. The third-order valence-corrected chi connectivity index (χ3v) is 1.19. The lowest BCUT2D eigenvalue weighted by Gasteiger charge is -1.98. The molecule has 0 rings (SSSR count). The highest BCUT2D eigenvalue weighted by atomic mass is 32.2. The van der Waals surface area contributed by atoms with Crippen molar-refractivity contribution in [1.29, 1.82) is 0 Å². The fraction of sp³-hybridized carbons (Fsp3) is 1.00. The van der Waals surface area contributed by atoms with Crippen molar-refractivity contribution in [2.24, 2.45) is 0 Å². The number of rotatable bonds is 5. The average molecular weight is 135 g/mol. The highest BCUT2D eigenvalue weighted by Crippen LogP contribution is 1.79. The number of nitrogens with one attached hydrogen (secondary N) is 1. The average Bonchev–Trinajstić information content (AvgIpc) is 1.81. The van der Waals surface area contributed by atoms with Gasteiger partial charge in [0.15, 0.2) is 0 Å². The van der Waals surface area contributed by atoms with Gasteiger partial charge in [-0.2, -0.15) is 0 Å². The third-order valence-electron chi connectivity index (χ3n) is 0.697. The minimum Gasteiger partial charge on any atom is -0.380 e. The molecule has 0 aromatic carbocycles. The van der Waals surface area contributed by atoms with Crippen LogP contribution >= 0.6 is 11.9 Å². The van der Waals surface area contributed by atoms with E-state index in [-0.39, 0.29) is 0 Å². The Morgan fingerprint density at radius 2 is 2.38 bits per heavy atom. The summed E-state index contributed by atoms with van der Waals surface area (Å²) >= 11 is 1.62. The van der Waals surface area contributed by atoms with E-state index in [1.807, 2.05) is 13.2 Å². The Bertz CT molecular complexity index is 37.4. The SMILES string of the molecule is CCOCCNSC. The molecule has 0 aliphatic rings. The summed E-state index contributed by atoms with van der Waals surface area (Å²) in [6, 6.07) is 0. The predicted octanol–water partition coefficient (Wildman–Crippen LogP) is 0.891.